The molecule has 1 rings (SSSR count). The van der Waals surface area contributed by atoms with Crippen molar-refractivity contribution in [2.75, 3.05) is 19.8 Å². The molecular weight excluding hydrogens is 259 g/mol. The molecular formula is C8H10Cl2N2O2S. The second kappa shape index (κ2) is 4.17. The number of anilines is 1. The fraction of sp³-hybridized carbons (Fsp3) is 0.250. The Labute approximate surface area is 98.6 Å². The first-order valence-corrected chi connectivity index (χ1v) is 6.14. The van der Waals surface area contributed by atoms with E-state index in [1.165, 1.54) is 26.2 Å². The number of benzene rings is 1. The molecule has 1 aromatic carbocycles. The van der Waals surface area contributed by atoms with Crippen LogP contribution in [0.1, 0.15) is 0 Å². The van der Waals surface area contributed by atoms with Crippen LogP contribution >= 0.6 is 23.2 Å². The third kappa shape index (κ3) is 2.20. The van der Waals surface area contributed by atoms with Gasteiger partial charge in [-0.2, -0.15) is 0 Å². The molecule has 84 valence electrons. The molecule has 0 aromatic heterocycles. The van der Waals surface area contributed by atoms with Crippen molar-refractivity contribution in [2.45, 2.75) is 4.90 Å². The zero-order valence-electron chi connectivity index (χ0n) is 8.16. The van der Waals surface area contributed by atoms with Gasteiger partial charge in [-0.1, -0.05) is 23.2 Å². The molecule has 0 aliphatic carbocycles. The van der Waals surface area contributed by atoms with Crippen molar-refractivity contribution in [1.29, 1.82) is 0 Å². The van der Waals surface area contributed by atoms with Crippen LogP contribution in [0.4, 0.5) is 5.69 Å². The standard InChI is InChI=1S/C8H10Cl2N2O2S/c1-12(2)15(13,14)6-4-3-5(9)8(11)7(6)10/h3-4H,11H2,1-2H3. The zero-order valence-corrected chi connectivity index (χ0v) is 10.5. The van der Waals surface area contributed by atoms with Crippen LogP contribution in [0, 0.1) is 0 Å². The van der Waals surface area contributed by atoms with Gasteiger partial charge in [-0.15, -0.1) is 0 Å². The maximum atomic E-state index is 11.8. The molecule has 0 amide bonds. The summed E-state index contributed by atoms with van der Waals surface area (Å²) < 4.78 is 24.6. The van der Waals surface area contributed by atoms with Gasteiger partial charge in [0.05, 0.1) is 15.7 Å². The second-order valence-electron chi connectivity index (χ2n) is 3.06. The zero-order chi connectivity index (χ0) is 11.8. The van der Waals surface area contributed by atoms with E-state index in [-0.39, 0.29) is 20.6 Å². The predicted molar refractivity (Wildman–Crippen MR) is 61.7 cm³/mol. The van der Waals surface area contributed by atoms with Crippen LogP contribution in [0.25, 0.3) is 0 Å². The van der Waals surface area contributed by atoms with Crippen LogP contribution in [0.5, 0.6) is 0 Å². The maximum Gasteiger partial charge on any atom is 0.244 e. The lowest BCUT2D eigenvalue weighted by Gasteiger charge is -2.13. The van der Waals surface area contributed by atoms with Crippen molar-refractivity contribution in [2.24, 2.45) is 0 Å². The number of nitrogens with two attached hydrogens (primary N) is 1. The van der Waals surface area contributed by atoms with E-state index in [4.69, 9.17) is 28.9 Å². The fourth-order valence-corrected chi connectivity index (χ4v) is 2.58. The van der Waals surface area contributed by atoms with Crippen molar-refractivity contribution in [3.8, 4) is 0 Å². The lowest BCUT2D eigenvalue weighted by molar-refractivity contribution is 0.521. The lowest BCUT2D eigenvalue weighted by Crippen LogP contribution is -2.22. The van der Waals surface area contributed by atoms with Gasteiger partial charge in [-0.3, -0.25) is 0 Å². The van der Waals surface area contributed by atoms with Crippen molar-refractivity contribution >= 4 is 38.9 Å². The number of halogens is 2. The summed E-state index contributed by atoms with van der Waals surface area (Å²) in [5, 5.41) is 0.189. The molecule has 0 bridgehead atoms. The highest BCUT2D eigenvalue weighted by Crippen LogP contribution is 2.33. The molecule has 0 unspecified atom stereocenters. The van der Waals surface area contributed by atoms with Crippen LogP contribution in [0.15, 0.2) is 17.0 Å². The van der Waals surface area contributed by atoms with E-state index in [0.29, 0.717) is 0 Å². The van der Waals surface area contributed by atoms with E-state index in [0.717, 1.165) is 4.31 Å². The predicted octanol–water partition coefficient (Wildman–Crippen LogP) is 1.83. The summed E-state index contributed by atoms with van der Waals surface area (Å²) in [5.41, 5.74) is 5.60. The molecule has 15 heavy (non-hydrogen) atoms. The summed E-state index contributed by atoms with van der Waals surface area (Å²) in [4.78, 5) is -0.0453. The minimum atomic E-state index is -3.58. The van der Waals surface area contributed by atoms with Gasteiger partial charge < -0.3 is 5.73 Å². The molecule has 0 aliphatic rings. The van der Waals surface area contributed by atoms with Gasteiger partial charge in [0.1, 0.15) is 4.90 Å². The quantitative estimate of drug-likeness (QED) is 0.833. The van der Waals surface area contributed by atoms with Gasteiger partial charge in [0.15, 0.2) is 0 Å². The minimum Gasteiger partial charge on any atom is -0.396 e. The van der Waals surface area contributed by atoms with Crippen LogP contribution in [-0.4, -0.2) is 26.8 Å². The van der Waals surface area contributed by atoms with Gasteiger partial charge in [0, 0.05) is 14.1 Å². The number of hydrogen-bond donors (Lipinski definition) is 1. The van der Waals surface area contributed by atoms with Gasteiger partial charge >= 0.3 is 0 Å². The molecule has 0 spiro atoms. The Morgan fingerprint density at radius 3 is 2.27 bits per heavy atom. The number of nitrogen functional groups attached to an aromatic ring is 1. The molecule has 4 nitrogen and oxygen atoms in total. The Morgan fingerprint density at radius 2 is 1.80 bits per heavy atom. The Hall–Kier alpha value is -0.490. The highest BCUT2D eigenvalue weighted by atomic mass is 35.5. The maximum absolute atomic E-state index is 11.8. The van der Waals surface area contributed by atoms with E-state index < -0.39 is 10.0 Å². The summed E-state index contributed by atoms with van der Waals surface area (Å²) >= 11 is 11.5. The van der Waals surface area contributed by atoms with E-state index in [1.54, 1.807) is 0 Å². The molecule has 0 aliphatic heterocycles. The topological polar surface area (TPSA) is 63.4 Å². The minimum absolute atomic E-state index is 0.0452. The lowest BCUT2D eigenvalue weighted by atomic mass is 10.3. The Kier molecular flexibility index (Phi) is 3.50. The van der Waals surface area contributed by atoms with Crippen molar-refractivity contribution in [3.63, 3.8) is 0 Å². The molecule has 0 fully saturated rings. The Morgan fingerprint density at radius 1 is 1.27 bits per heavy atom. The Bertz CT molecular complexity index is 486. The average molecular weight is 269 g/mol. The third-order valence-corrected chi connectivity index (χ3v) is 4.56. The highest BCUT2D eigenvalue weighted by Gasteiger charge is 2.22. The van der Waals surface area contributed by atoms with Crippen molar-refractivity contribution in [1.82, 2.24) is 4.31 Å². The molecule has 0 heterocycles. The van der Waals surface area contributed by atoms with Gasteiger partial charge in [-0.05, 0) is 12.1 Å². The normalized spacial score (nSPS) is 12.1. The number of hydrogen-bond acceptors (Lipinski definition) is 3. The van der Waals surface area contributed by atoms with Crippen molar-refractivity contribution < 1.29 is 8.42 Å². The van der Waals surface area contributed by atoms with Crippen molar-refractivity contribution in [3.05, 3.63) is 22.2 Å². The fourth-order valence-electron chi connectivity index (χ4n) is 0.945. The van der Waals surface area contributed by atoms with E-state index >= 15 is 0 Å². The molecule has 0 saturated carbocycles. The largest absolute Gasteiger partial charge is 0.396 e. The Balaban J connectivity index is 3.48. The van der Waals surface area contributed by atoms with Crippen LogP contribution in [0.3, 0.4) is 0 Å². The van der Waals surface area contributed by atoms with Gasteiger partial charge in [0.2, 0.25) is 10.0 Å². The van der Waals surface area contributed by atoms with Crippen LogP contribution < -0.4 is 5.73 Å². The smallest absolute Gasteiger partial charge is 0.244 e. The molecule has 2 N–H and O–H groups in total. The summed E-state index contributed by atoms with van der Waals surface area (Å²) in [7, 11) is -0.758. The first-order valence-electron chi connectivity index (χ1n) is 3.94. The summed E-state index contributed by atoms with van der Waals surface area (Å²) in [6, 6.07) is 2.73. The van der Waals surface area contributed by atoms with Gasteiger partial charge in [0.25, 0.3) is 0 Å². The average Bonchev–Trinajstić information content (AvgIpc) is 2.13. The summed E-state index contributed by atoms with van der Waals surface area (Å²) in [5.74, 6) is 0. The number of rotatable bonds is 2. The summed E-state index contributed by atoms with van der Waals surface area (Å²) in [6.45, 7) is 0. The van der Waals surface area contributed by atoms with Crippen LogP contribution in [-0.2, 0) is 10.0 Å². The first-order chi connectivity index (χ1) is 6.78. The van der Waals surface area contributed by atoms with E-state index in [1.807, 2.05) is 0 Å². The monoisotopic (exact) mass is 268 g/mol. The SMILES string of the molecule is CN(C)S(=O)(=O)c1ccc(Cl)c(N)c1Cl. The molecule has 7 heteroatoms. The molecule has 0 atom stereocenters. The first kappa shape index (κ1) is 12.6. The van der Waals surface area contributed by atoms with E-state index in [2.05, 4.69) is 0 Å². The van der Waals surface area contributed by atoms with Crippen LogP contribution in [0.2, 0.25) is 10.0 Å². The van der Waals surface area contributed by atoms with E-state index in [9.17, 15) is 8.42 Å². The van der Waals surface area contributed by atoms with Gasteiger partial charge in [-0.25, -0.2) is 12.7 Å². The molecule has 0 radical (unpaired) electrons. The number of sulfonamides is 1. The number of nitrogens with zero attached hydrogens (tertiary/aromatic N) is 1. The summed E-state index contributed by atoms with van der Waals surface area (Å²) in [6.07, 6.45) is 0. The molecule has 1 aromatic rings. The molecule has 0 saturated heterocycles. The second-order valence-corrected chi connectivity index (χ2v) is 5.97. The third-order valence-electron chi connectivity index (χ3n) is 1.85. The highest BCUT2D eigenvalue weighted by molar-refractivity contribution is 7.89.